The Hall–Kier alpha value is -2.21. The van der Waals surface area contributed by atoms with Gasteiger partial charge in [0.2, 0.25) is 0 Å². The van der Waals surface area contributed by atoms with Gasteiger partial charge in [-0.25, -0.2) is 9.97 Å². The van der Waals surface area contributed by atoms with E-state index in [1.165, 1.54) is 0 Å². The van der Waals surface area contributed by atoms with Gasteiger partial charge >= 0.3 is 0 Å². The molecule has 6 heteroatoms. The van der Waals surface area contributed by atoms with Crippen molar-refractivity contribution in [3.8, 4) is 5.82 Å². The lowest BCUT2D eigenvalue weighted by molar-refractivity contribution is 0.0206. The van der Waals surface area contributed by atoms with Crippen molar-refractivity contribution in [2.45, 2.75) is 25.4 Å². The molecule has 1 fully saturated rings. The fourth-order valence-corrected chi connectivity index (χ4v) is 2.41. The highest BCUT2D eigenvalue weighted by atomic mass is 16.5. The Labute approximate surface area is 123 Å². The average molecular weight is 286 g/mol. The van der Waals surface area contributed by atoms with E-state index in [1.54, 1.807) is 41.6 Å². The molecule has 1 atom stereocenters. The third kappa shape index (κ3) is 3.11. The van der Waals surface area contributed by atoms with Gasteiger partial charge in [0, 0.05) is 31.7 Å². The molecular weight excluding hydrogens is 268 g/mol. The Bertz CT molecular complexity index is 601. The lowest BCUT2D eigenvalue weighted by Gasteiger charge is -2.23. The average Bonchev–Trinajstić information content (AvgIpc) is 3.17. The van der Waals surface area contributed by atoms with Crippen molar-refractivity contribution < 1.29 is 9.53 Å². The minimum absolute atomic E-state index is 0.128. The molecule has 1 amide bonds. The molecule has 2 aromatic rings. The third-order valence-corrected chi connectivity index (χ3v) is 3.70. The van der Waals surface area contributed by atoms with E-state index in [4.69, 9.17) is 4.74 Å². The Morgan fingerprint density at radius 1 is 1.52 bits per heavy atom. The predicted octanol–water partition coefficient (Wildman–Crippen LogP) is 1.57. The van der Waals surface area contributed by atoms with E-state index in [2.05, 4.69) is 15.3 Å². The summed E-state index contributed by atoms with van der Waals surface area (Å²) >= 11 is 0. The summed E-state index contributed by atoms with van der Waals surface area (Å²) in [6.45, 7) is 3.32. The smallest absolute Gasteiger partial charge is 0.252 e. The molecule has 1 N–H and O–H groups in total. The molecule has 2 aromatic heterocycles. The minimum Gasteiger partial charge on any atom is -0.373 e. The van der Waals surface area contributed by atoms with E-state index >= 15 is 0 Å². The summed E-state index contributed by atoms with van der Waals surface area (Å²) in [7, 11) is 0. The first kappa shape index (κ1) is 13.8. The number of amides is 1. The quantitative estimate of drug-likeness (QED) is 0.926. The summed E-state index contributed by atoms with van der Waals surface area (Å²) in [5.41, 5.74) is 0.306. The zero-order valence-electron chi connectivity index (χ0n) is 12.0. The normalized spacial score (nSPS) is 21.4. The summed E-state index contributed by atoms with van der Waals surface area (Å²) in [6, 6.07) is 3.56. The van der Waals surface area contributed by atoms with E-state index in [9.17, 15) is 4.79 Å². The summed E-state index contributed by atoms with van der Waals surface area (Å²) in [6.07, 6.45) is 8.76. The van der Waals surface area contributed by atoms with Crippen molar-refractivity contribution >= 4 is 5.91 Å². The number of hydrogen-bond acceptors (Lipinski definition) is 4. The molecule has 110 valence electrons. The maximum Gasteiger partial charge on any atom is 0.252 e. The maximum atomic E-state index is 12.1. The van der Waals surface area contributed by atoms with Crippen molar-refractivity contribution in [3.63, 3.8) is 0 Å². The van der Waals surface area contributed by atoms with Gasteiger partial charge in [0.15, 0.2) is 0 Å². The van der Waals surface area contributed by atoms with Crippen LogP contribution in [0.15, 0.2) is 37.1 Å². The molecule has 0 aromatic carbocycles. The number of hydrogen-bond donors (Lipinski definition) is 1. The largest absolute Gasteiger partial charge is 0.373 e. The van der Waals surface area contributed by atoms with E-state index in [-0.39, 0.29) is 11.5 Å². The Morgan fingerprint density at radius 2 is 2.43 bits per heavy atom. The highest BCUT2D eigenvalue weighted by Gasteiger charge is 2.30. The number of nitrogens with one attached hydrogen (secondary N) is 1. The van der Waals surface area contributed by atoms with Crippen LogP contribution in [0.2, 0.25) is 0 Å². The van der Waals surface area contributed by atoms with Crippen LogP contribution < -0.4 is 5.32 Å². The topological polar surface area (TPSA) is 69.0 Å². The van der Waals surface area contributed by atoms with Crippen LogP contribution in [0.3, 0.4) is 0 Å². The molecule has 1 saturated heterocycles. The SMILES string of the molecule is C[C@@]1(CNC(=O)c2ccc(-n3ccnc3)nc2)CCCO1. The number of imidazole rings is 1. The molecule has 0 spiro atoms. The molecule has 0 aliphatic carbocycles. The molecule has 3 rings (SSSR count). The first-order valence-corrected chi connectivity index (χ1v) is 7.03. The lowest BCUT2D eigenvalue weighted by atomic mass is 10.0. The summed E-state index contributed by atoms with van der Waals surface area (Å²) in [4.78, 5) is 20.4. The van der Waals surface area contributed by atoms with Crippen molar-refractivity contribution in [2.75, 3.05) is 13.2 Å². The molecule has 1 aliphatic heterocycles. The fraction of sp³-hybridized carbons (Fsp3) is 0.400. The second-order valence-electron chi connectivity index (χ2n) is 5.46. The van der Waals surface area contributed by atoms with Crippen LogP contribution in [0.4, 0.5) is 0 Å². The molecule has 0 bridgehead atoms. The fourth-order valence-electron chi connectivity index (χ4n) is 2.41. The molecule has 1 aliphatic rings. The van der Waals surface area contributed by atoms with Crippen molar-refractivity contribution in [2.24, 2.45) is 0 Å². The first-order chi connectivity index (χ1) is 10.2. The van der Waals surface area contributed by atoms with Crippen molar-refractivity contribution in [1.82, 2.24) is 19.9 Å². The van der Waals surface area contributed by atoms with Crippen LogP contribution in [0.1, 0.15) is 30.1 Å². The highest BCUT2D eigenvalue weighted by Crippen LogP contribution is 2.23. The lowest BCUT2D eigenvalue weighted by Crippen LogP contribution is -2.40. The van der Waals surface area contributed by atoms with Gasteiger partial charge in [-0.05, 0) is 31.9 Å². The van der Waals surface area contributed by atoms with Crippen LogP contribution in [0, 0.1) is 0 Å². The molecule has 0 radical (unpaired) electrons. The maximum absolute atomic E-state index is 12.1. The van der Waals surface area contributed by atoms with Crippen LogP contribution >= 0.6 is 0 Å². The van der Waals surface area contributed by atoms with Crippen LogP contribution in [-0.2, 0) is 4.74 Å². The van der Waals surface area contributed by atoms with Crippen LogP contribution in [0.25, 0.3) is 5.82 Å². The van der Waals surface area contributed by atoms with E-state index in [0.29, 0.717) is 12.1 Å². The number of pyridine rings is 1. The van der Waals surface area contributed by atoms with Gasteiger partial charge in [0.1, 0.15) is 12.1 Å². The van der Waals surface area contributed by atoms with Crippen LogP contribution in [-0.4, -0.2) is 39.2 Å². The van der Waals surface area contributed by atoms with Gasteiger partial charge in [0.05, 0.1) is 11.2 Å². The standard InChI is InChI=1S/C15H18N4O2/c1-15(5-2-8-21-15)10-18-14(20)12-3-4-13(17-9-12)19-7-6-16-11-19/h3-4,6-7,9,11H,2,5,8,10H2,1H3,(H,18,20)/t15-/m0/s1. The number of carbonyl (C=O) groups is 1. The highest BCUT2D eigenvalue weighted by molar-refractivity contribution is 5.93. The summed E-state index contributed by atoms with van der Waals surface area (Å²) in [5.74, 6) is 0.603. The molecule has 0 unspecified atom stereocenters. The van der Waals surface area contributed by atoms with E-state index < -0.39 is 0 Å². The van der Waals surface area contributed by atoms with Gasteiger partial charge in [-0.2, -0.15) is 0 Å². The van der Waals surface area contributed by atoms with Gasteiger partial charge in [-0.1, -0.05) is 0 Å². The Kier molecular flexibility index (Phi) is 3.70. The predicted molar refractivity (Wildman–Crippen MR) is 77.3 cm³/mol. The van der Waals surface area contributed by atoms with Gasteiger partial charge in [-0.3, -0.25) is 9.36 Å². The van der Waals surface area contributed by atoms with Crippen molar-refractivity contribution in [3.05, 3.63) is 42.6 Å². The number of ether oxygens (including phenoxy) is 1. The van der Waals surface area contributed by atoms with E-state index in [0.717, 1.165) is 25.3 Å². The zero-order valence-corrected chi connectivity index (χ0v) is 12.0. The number of rotatable bonds is 4. The minimum atomic E-state index is -0.236. The number of carbonyl (C=O) groups excluding carboxylic acids is 1. The van der Waals surface area contributed by atoms with E-state index in [1.807, 2.05) is 6.92 Å². The molecular formula is C15H18N4O2. The zero-order chi connectivity index (χ0) is 14.7. The molecule has 6 nitrogen and oxygen atoms in total. The Morgan fingerprint density at radius 3 is 3.05 bits per heavy atom. The van der Waals surface area contributed by atoms with Crippen molar-refractivity contribution in [1.29, 1.82) is 0 Å². The number of nitrogens with zero attached hydrogens (tertiary/aromatic N) is 3. The Balaban J connectivity index is 1.62. The first-order valence-electron chi connectivity index (χ1n) is 7.03. The second kappa shape index (κ2) is 5.65. The van der Waals surface area contributed by atoms with Crippen LogP contribution in [0.5, 0.6) is 0 Å². The number of aromatic nitrogens is 3. The summed E-state index contributed by atoms with van der Waals surface area (Å²) < 4.78 is 7.44. The second-order valence-corrected chi connectivity index (χ2v) is 5.46. The molecule has 21 heavy (non-hydrogen) atoms. The molecule has 3 heterocycles. The monoisotopic (exact) mass is 286 g/mol. The van der Waals surface area contributed by atoms with Gasteiger partial charge in [0.25, 0.3) is 5.91 Å². The van der Waals surface area contributed by atoms with Gasteiger partial charge < -0.3 is 10.1 Å². The summed E-state index contributed by atoms with van der Waals surface area (Å²) in [5, 5.41) is 2.91. The molecule has 0 saturated carbocycles. The van der Waals surface area contributed by atoms with Gasteiger partial charge in [-0.15, -0.1) is 0 Å². The third-order valence-electron chi connectivity index (χ3n) is 3.70.